The van der Waals surface area contributed by atoms with E-state index in [1.165, 1.54) is 29.5 Å². The summed E-state index contributed by atoms with van der Waals surface area (Å²) in [5.74, 6) is 0.347. The van der Waals surface area contributed by atoms with Crippen LogP contribution in [-0.2, 0) is 0 Å². The highest BCUT2D eigenvalue weighted by Gasteiger charge is 2.19. The number of H-pyrrole nitrogens is 1. The predicted molar refractivity (Wildman–Crippen MR) is 99.3 cm³/mol. The monoisotopic (exact) mass is 337 g/mol. The van der Waals surface area contributed by atoms with Crippen molar-refractivity contribution < 1.29 is 9.59 Å². The molecule has 2 aromatic carbocycles. The largest absolute Gasteiger partial charge is 0.355 e. The molecule has 0 radical (unpaired) electrons. The number of benzene rings is 2. The van der Waals surface area contributed by atoms with E-state index in [0.29, 0.717) is 17.0 Å². The highest BCUT2D eigenvalue weighted by molar-refractivity contribution is 8.00. The van der Waals surface area contributed by atoms with Gasteiger partial charge in [-0.15, -0.1) is 11.8 Å². The minimum atomic E-state index is -0.0116. The van der Waals surface area contributed by atoms with E-state index in [1.807, 2.05) is 32.0 Å². The Morgan fingerprint density at radius 2 is 1.75 bits per heavy atom. The zero-order chi connectivity index (χ0) is 17.3. The standard InChI is InChI=1S/C20H19NO2S/c1-12-19(14(3)22)13(2)21-20(12)18(23)11-24-17-9-8-15-6-4-5-7-16(15)10-17/h4-10,21H,11H2,1-3H3. The lowest BCUT2D eigenvalue weighted by molar-refractivity contribution is 0.101. The smallest absolute Gasteiger partial charge is 0.189 e. The SMILES string of the molecule is CC(=O)c1c(C)[nH]c(C(=O)CSc2ccc3ccccc3c2)c1C. The zero-order valence-corrected chi connectivity index (χ0v) is 14.8. The number of nitrogens with one attached hydrogen (secondary N) is 1. The maximum Gasteiger partial charge on any atom is 0.189 e. The first-order chi connectivity index (χ1) is 11.5. The molecule has 4 heteroatoms. The molecule has 0 aliphatic heterocycles. The van der Waals surface area contributed by atoms with E-state index in [9.17, 15) is 9.59 Å². The zero-order valence-electron chi connectivity index (χ0n) is 14.0. The number of thioether (sulfide) groups is 1. The van der Waals surface area contributed by atoms with Crippen LogP contribution in [0.25, 0.3) is 10.8 Å². The van der Waals surface area contributed by atoms with Gasteiger partial charge in [0.2, 0.25) is 0 Å². The molecular weight excluding hydrogens is 318 g/mol. The molecule has 1 N–H and O–H groups in total. The van der Waals surface area contributed by atoms with Gasteiger partial charge in [-0.1, -0.05) is 30.3 Å². The molecule has 0 amide bonds. The Hall–Kier alpha value is -2.33. The van der Waals surface area contributed by atoms with Crippen LogP contribution in [0.4, 0.5) is 0 Å². The van der Waals surface area contributed by atoms with Crippen LogP contribution in [0.5, 0.6) is 0 Å². The maximum absolute atomic E-state index is 12.5. The van der Waals surface area contributed by atoms with Gasteiger partial charge in [0, 0.05) is 16.2 Å². The summed E-state index contributed by atoms with van der Waals surface area (Å²) in [6.45, 7) is 5.19. The van der Waals surface area contributed by atoms with Crippen molar-refractivity contribution in [2.75, 3.05) is 5.75 Å². The summed E-state index contributed by atoms with van der Waals surface area (Å²) in [7, 11) is 0. The third-order valence-corrected chi connectivity index (χ3v) is 5.15. The van der Waals surface area contributed by atoms with Crippen LogP contribution >= 0.6 is 11.8 Å². The van der Waals surface area contributed by atoms with Crippen LogP contribution in [0, 0.1) is 13.8 Å². The van der Waals surface area contributed by atoms with Crippen molar-refractivity contribution in [2.24, 2.45) is 0 Å². The van der Waals surface area contributed by atoms with E-state index >= 15 is 0 Å². The number of aryl methyl sites for hydroxylation is 1. The minimum absolute atomic E-state index is 0.0116. The summed E-state index contributed by atoms with van der Waals surface area (Å²) < 4.78 is 0. The highest BCUT2D eigenvalue weighted by atomic mass is 32.2. The summed E-state index contributed by atoms with van der Waals surface area (Å²) in [6.07, 6.45) is 0. The second kappa shape index (κ2) is 6.65. The van der Waals surface area contributed by atoms with E-state index in [2.05, 4.69) is 29.2 Å². The van der Waals surface area contributed by atoms with Gasteiger partial charge >= 0.3 is 0 Å². The molecule has 24 heavy (non-hydrogen) atoms. The molecule has 0 saturated carbocycles. The molecule has 0 unspecified atom stereocenters. The lowest BCUT2D eigenvalue weighted by atomic mass is 10.1. The summed E-state index contributed by atoms with van der Waals surface area (Å²) in [6, 6.07) is 14.4. The van der Waals surface area contributed by atoms with Crippen molar-refractivity contribution in [3.8, 4) is 0 Å². The van der Waals surface area contributed by atoms with Crippen molar-refractivity contribution in [3.63, 3.8) is 0 Å². The molecule has 122 valence electrons. The topological polar surface area (TPSA) is 49.9 Å². The summed E-state index contributed by atoms with van der Waals surface area (Å²) in [4.78, 5) is 28.4. The van der Waals surface area contributed by atoms with Crippen molar-refractivity contribution >= 4 is 34.1 Å². The average Bonchev–Trinajstić information content (AvgIpc) is 2.87. The lowest BCUT2D eigenvalue weighted by Gasteiger charge is -2.04. The van der Waals surface area contributed by atoms with Crippen LogP contribution in [-0.4, -0.2) is 22.3 Å². The number of fused-ring (bicyclic) bond motifs is 1. The quantitative estimate of drug-likeness (QED) is 0.529. The van der Waals surface area contributed by atoms with E-state index in [-0.39, 0.29) is 11.6 Å². The Balaban J connectivity index is 1.77. The molecule has 3 rings (SSSR count). The third kappa shape index (κ3) is 3.15. The van der Waals surface area contributed by atoms with Gasteiger partial charge in [0.1, 0.15) is 0 Å². The summed E-state index contributed by atoms with van der Waals surface area (Å²) in [5.41, 5.74) is 2.70. The second-order valence-corrected chi connectivity index (χ2v) is 6.95. The number of rotatable bonds is 5. The number of aromatic amines is 1. The Morgan fingerprint density at radius 1 is 1.04 bits per heavy atom. The van der Waals surface area contributed by atoms with Crippen LogP contribution in [0.2, 0.25) is 0 Å². The Morgan fingerprint density at radius 3 is 2.42 bits per heavy atom. The molecule has 0 aliphatic rings. The normalized spacial score (nSPS) is 11.0. The number of carbonyl (C=O) groups excluding carboxylic acids is 2. The van der Waals surface area contributed by atoms with Crippen LogP contribution in [0.15, 0.2) is 47.4 Å². The number of hydrogen-bond acceptors (Lipinski definition) is 3. The van der Waals surface area contributed by atoms with E-state index < -0.39 is 0 Å². The number of aromatic nitrogens is 1. The molecule has 3 aromatic rings. The first-order valence-corrected chi connectivity index (χ1v) is 8.81. The fourth-order valence-corrected chi connectivity index (χ4v) is 3.85. The van der Waals surface area contributed by atoms with Crippen LogP contribution < -0.4 is 0 Å². The Kier molecular flexibility index (Phi) is 4.58. The molecule has 0 saturated heterocycles. The Bertz CT molecular complexity index is 940. The molecular formula is C20H19NO2S. The first kappa shape index (κ1) is 16.5. The maximum atomic E-state index is 12.5. The van der Waals surface area contributed by atoms with Gasteiger partial charge in [0.15, 0.2) is 11.6 Å². The van der Waals surface area contributed by atoms with Crippen molar-refractivity contribution in [1.29, 1.82) is 0 Å². The second-order valence-electron chi connectivity index (χ2n) is 5.90. The molecule has 0 bridgehead atoms. The minimum Gasteiger partial charge on any atom is -0.355 e. The van der Waals surface area contributed by atoms with Gasteiger partial charge in [-0.25, -0.2) is 0 Å². The molecule has 3 nitrogen and oxygen atoms in total. The number of hydrogen-bond donors (Lipinski definition) is 1. The number of ketones is 2. The summed E-state index contributed by atoms with van der Waals surface area (Å²) >= 11 is 1.52. The van der Waals surface area contributed by atoms with Gasteiger partial charge in [0.05, 0.1) is 11.4 Å². The Labute approximate surface area is 145 Å². The van der Waals surface area contributed by atoms with Gasteiger partial charge in [0.25, 0.3) is 0 Å². The van der Waals surface area contributed by atoms with E-state index in [0.717, 1.165) is 16.2 Å². The molecule has 0 atom stereocenters. The predicted octanol–water partition coefficient (Wildman–Crippen LogP) is 4.96. The number of carbonyl (C=O) groups is 2. The highest BCUT2D eigenvalue weighted by Crippen LogP contribution is 2.26. The molecule has 0 aliphatic carbocycles. The molecule has 1 aromatic heterocycles. The van der Waals surface area contributed by atoms with Crippen molar-refractivity contribution in [3.05, 3.63) is 65.0 Å². The summed E-state index contributed by atoms with van der Waals surface area (Å²) in [5, 5.41) is 2.36. The van der Waals surface area contributed by atoms with Crippen molar-refractivity contribution in [1.82, 2.24) is 4.98 Å². The molecule has 0 fully saturated rings. The average molecular weight is 337 g/mol. The van der Waals surface area contributed by atoms with E-state index in [4.69, 9.17) is 0 Å². The third-order valence-electron chi connectivity index (χ3n) is 4.16. The van der Waals surface area contributed by atoms with Gasteiger partial charge < -0.3 is 4.98 Å². The van der Waals surface area contributed by atoms with Gasteiger partial charge in [-0.2, -0.15) is 0 Å². The molecule has 0 spiro atoms. The van der Waals surface area contributed by atoms with Gasteiger partial charge in [-0.05, 0) is 49.2 Å². The van der Waals surface area contributed by atoms with Crippen LogP contribution in [0.3, 0.4) is 0 Å². The first-order valence-electron chi connectivity index (χ1n) is 7.82. The number of Topliss-reactive ketones (excluding diaryl/α,β-unsaturated/α-hetero) is 2. The van der Waals surface area contributed by atoms with E-state index in [1.54, 1.807) is 0 Å². The fraction of sp³-hybridized carbons (Fsp3) is 0.200. The molecule has 1 heterocycles. The van der Waals surface area contributed by atoms with Crippen molar-refractivity contribution in [2.45, 2.75) is 25.7 Å². The fourth-order valence-electron chi connectivity index (χ4n) is 3.04. The van der Waals surface area contributed by atoms with Gasteiger partial charge in [-0.3, -0.25) is 9.59 Å². The van der Waals surface area contributed by atoms with Crippen LogP contribution in [0.1, 0.15) is 39.0 Å². The lowest BCUT2D eigenvalue weighted by Crippen LogP contribution is -2.05.